The first-order valence-corrected chi connectivity index (χ1v) is 6.18. The summed E-state index contributed by atoms with van der Waals surface area (Å²) in [7, 11) is 1.86. The van der Waals surface area contributed by atoms with Crippen molar-refractivity contribution in [3.05, 3.63) is 40.3 Å². The molecule has 0 amide bonds. The van der Waals surface area contributed by atoms with Crippen molar-refractivity contribution >= 4 is 23.4 Å². The molecule has 0 fully saturated rings. The normalized spacial score (nSPS) is 10.8. The quantitative estimate of drug-likeness (QED) is 0.691. The number of aromatic amines is 1. The molecule has 0 saturated heterocycles. The maximum absolute atomic E-state index is 9.22. The van der Waals surface area contributed by atoms with Gasteiger partial charge in [-0.05, 0) is 31.3 Å². The molecule has 5 nitrogen and oxygen atoms in total. The Morgan fingerprint density at radius 2 is 2.11 bits per heavy atom. The Bertz CT molecular complexity index is 875. The summed E-state index contributed by atoms with van der Waals surface area (Å²) < 4.78 is 4.18. The van der Waals surface area contributed by atoms with E-state index in [9.17, 15) is 5.26 Å². The number of hydrogen-bond donors (Lipinski definition) is 1. The lowest BCUT2D eigenvalue weighted by molar-refractivity contribution is 0.759. The van der Waals surface area contributed by atoms with Gasteiger partial charge in [0.15, 0.2) is 10.4 Å². The van der Waals surface area contributed by atoms with Gasteiger partial charge in [-0.25, -0.2) is 4.68 Å². The Hall–Kier alpha value is -2.39. The third-order valence-electron chi connectivity index (χ3n) is 3.10. The van der Waals surface area contributed by atoms with Crippen LogP contribution in [0.1, 0.15) is 11.3 Å². The van der Waals surface area contributed by atoms with Crippen LogP contribution < -0.4 is 0 Å². The van der Waals surface area contributed by atoms with Crippen molar-refractivity contribution in [3.8, 4) is 11.8 Å². The highest BCUT2D eigenvalue weighted by Crippen LogP contribution is 2.23. The Labute approximate surface area is 114 Å². The first-order chi connectivity index (χ1) is 9.13. The maximum Gasteiger partial charge on any atom is 0.184 e. The van der Waals surface area contributed by atoms with Gasteiger partial charge in [0, 0.05) is 7.05 Å². The molecule has 0 spiro atoms. The summed E-state index contributed by atoms with van der Waals surface area (Å²) in [4.78, 5) is 3.15. The van der Waals surface area contributed by atoms with Crippen LogP contribution in [0.2, 0.25) is 0 Å². The molecule has 2 aromatic heterocycles. The van der Waals surface area contributed by atoms with Crippen LogP contribution in [-0.2, 0) is 7.05 Å². The Kier molecular flexibility index (Phi) is 2.50. The molecular formula is C13H11N5S. The van der Waals surface area contributed by atoms with E-state index in [-0.39, 0.29) is 0 Å². The van der Waals surface area contributed by atoms with Crippen LogP contribution in [0.4, 0.5) is 0 Å². The lowest BCUT2D eigenvalue weighted by atomic mass is 10.2. The van der Waals surface area contributed by atoms with Gasteiger partial charge in [-0.2, -0.15) is 10.4 Å². The van der Waals surface area contributed by atoms with Crippen molar-refractivity contribution in [2.45, 2.75) is 6.92 Å². The SMILES string of the molecule is Cc1nn(C)c2c1[nH]c(=S)n2-c1ccccc1C#N. The van der Waals surface area contributed by atoms with E-state index < -0.39 is 0 Å². The van der Waals surface area contributed by atoms with Crippen molar-refractivity contribution in [2.75, 3.05) is 0 Å². The van der Waals surface area contributed by atoms with E-state index in [0.29, 0.717) is 10.3 Å². The number of fused-ring (bicyclic) bond motifs is 1. The predicted octanol–water partition coefficient (Wildman–Crippen LogP) is 2.60. The molecule has 0 saturated carbocycles. The number of nitrogens with one attached hydrogen (secondary N) is 1. The van der Waals surface area contributed by atoms with Crippen LogP contribution in [0.15, 0.2) is 24.3 Å². The molecule has 0 aliphatic carbocycles. The zero-order valence-electron chi connectivity index (χ0n) is 10.5. The summed E-state index contributed by atoms with van der Waals surface area (Å²) in [5, 5.41) is 13.6. The molecule has 0 unspecified atom stereocenters. The molecule has 0 aliphatic heterocycles. The number of nitriles is 1. The smallest absolute Gasteiger partial charge is 0.184 e. The lowest BCUT2D eigenvalue weighted by Crippen LogP contribution is -2.02. The van der Waals surface area contributed by atoms with Crippen LogP contribution in [0.3, 0.4) is 0 Å². The molecule has 19 heavy (non-hydrogen) atoms. The van der Waals surface area contributed by atoms with Crippen LogP contribution in [0.25, 0.3) is 16.9 Å². The van der Waals surface area contributed by atoms with Gasteiger partial charge in [-0.3, -0.25) is 4.57 Å². The summed E-state index contributed by atoms with van der Waals surface area (Å²) in [6, 6.07) is 9.57. The minimum Gasteiger partial charge on any atom is -0.327 e. The third-order valence-corrected chi connectivity index (χ3v) is 3.39. The number of para-hydroxylation sites is 1. The molecule has 6 heteroatoms. The summed E-state index contributed by atoms with van der Waals surface area (Å²) in [6.45, 7) is 1.92. The molecule has 3 aromatic rings. The topological polar surface area (TPSA) is 62.3 Å². The fourth-order valence-electron chi connectivity index (χ4n) is 2.29. The van der Waals surface area contributed by atoms with Crippen molar-refractivity contribution in [1.29, 1.82) is 5.26 Å². The average molecular weight is 269 g/mol. The minimum atomic E-state index is 0.564. The number of aromatic nitrogens is 4. The van der Waals surface area contributed by atoms with Gasteiger partial charge < -0.3 is 4.98 Å². The highest BCUT2D eigenvalue weighted by Gasteiger charge is 2.15. The highest BCUT2D eigenvalue weighted by atomic mass is 32.1. The van der Waals surface area contributed by atoms with Crippen molar-refractivity contribution < 1.29 is 0 Å². The summed E-state index contributed by atoms with van der Waals surface area (Å²) >= 11 is 5.37. The van der Waals surface area contributed by atoms with E-state index >= 15 is 0 Å². The zero-order chi connectivity index (χ0) is 13.6. The van der Waals surface area contributed by atoms with Crippen LogP contribution in [-0.4, -0.2) is 19.3 Å². The lowest BCUT2D eigenvalue weighted by Gasteiger charge is -2.06. The molecule has 0 aliphatic rings. The van der Waals surface area contributed by atoms with Gasteiger partial charge in [-0.15, -0.1) is 0 Å². The van der Waals surface area contributed by atoms with Crippen LogP contribution >= 0.6 is 12.2 Å². The summed E-state index contributed by atoms with van der Waals surface area (Å²) in [5.41, 5.74) is 4.00. The fraction of sp³-hybridized carbons (Fsp3) is 0.154. The Morgan fingerprint density at radius 3 is 2.84 bits per heavy atom. The predicted molar refractivity (Wildman–Crippen MR) is 74.7 cm³/mol. The van der Waals surface area contributed by atoms with Gasteiger partial charge in [0.25, 0.3) is 0 Å². The Morgan fingerprint density at radius 1 is 1.37 bits per heavy atom. The van der Waals surface area contributed by atoms with E-state index in [4.69, 9.17) is 12.2 Å². The first-order valence-electron chi connectivity index (χ1n) is 5.77. The number of hydrogen-bond acceptors (Lipinski definition) is 3. The summed E-state index contributed by atoms with van der Waals surface area (Å²) in [5.74, 6) is 0. The maximum atomic E-state index is 9.22. The van der Waals surface area contributed by atoms with Gasteiger partial charge in [0.2, 0.25) is 0 Å². The number of imidazole rings is 1. The van der Waals surface area contributed by atoms with E-state index in [2.05, 4.69) is 16.2 Å². The molecule has 1 N–H and O–H groups in total. The van der Waals surface area contributed by atoms with Gasteiger partial charge in [0.05, 0.1) is 16.9 Å². The molecule has 1 aromatic carbocycles. The van der Waals surface area contributed by atoms with Crippen LogP contribution in [0.5, 0.6) is 0 Å². The number of nitrogens with zero attached hydrogens (tertiary/aromatic N) is 4. The number of rotatable bonds is 1. The highest BCUT2D eigenvalue weighted by molar-refractivity contribution is 7.71. The van der Waals surface area contributed by atoms with E-state index in [1.165, 1.54) is 0 Å². The number of H-pyrrole nitrogens is 1. The van der Waals surface area contributed by atoms with Crippen molar-refractivity contribution in [3.63, 3.8) is 0 Å². The summed E-state index contributed by atoms with van der Waals surface area (Å²) in [6.07, 6.45) is 0. The standard InChI is InChI=1S/C13H11N5S/c1-8-11-12(17(2)16-8)18(13(19)15-11)10-6-4-3-5-9(10)7-14/h3-6H,1-2H3,(H,15,19). The van der Waals surface area contributed by atoms with Gasteiger partial charge >= 0.3 is 0 Å². The van der Waals surface area contributed by atoms with E-state index in [0.717, 1.165) is 22.5 Å². The van der Waals surface area contributed by atoms with E-state index in [1.54, 1.807) is 10.7 Å². The molecule has 0 atom stereocenters. The van der Waals surface area contributed by atoms with Crippen molar-refractivity contribution in [1.82, 2.24) is 19.3 Å². The average Bonchev–Trinajstić information content (AvgIpc) is 2.88. The number of benzene rings is 1. The largest absolute Gasteiger partial charge is 0.327 e. The molecular weight excluding hydrogens is 258 g/mol. The third kappa shape index (κ3) is 1.59. The monoisotopic (exact) mass is 269 g/mol. The minimum absolute atomic E-state index is 0.564. The second-order valence-electron chi connectivity index (χ2n) is 4.30. The number of aryl methyl sites for hydroxylation is 2. The fourth-order valence-corrected chi connectivity index (χ4v) is 2.58. The molecule has 0 bridgehead atoms. The molecule has 0 radical (unpaired) electrons. The van der Waals surface area contributed by atoms with Gasteiger partial charge in [0.1, 0.15) is 11.6 Å². The molecule has 2 heterocycles. The first kappa shape index (κ1) is 11.7. The second-order valence-corrected chi connectivity index (χ2v) is 4.69. The van der Waals surface area contributed by atoms with Crippen LogP contribution in [0, 0.1) is 23.0 Å². The zero-order valence-corrected chi connectivity index (χ0v) is 11.3. The van der Waals surface area contributed by atoms with E-state index in [1.807, 2.05) is 36.7 Å². The van der Waals surface area contributed by atoms with Gasteiger partial charge in [-0.1, -0.05) is 12.1 Å². The Balaban J connectivity index is 2.47. The molecule has 94 valence electrons. The van der Waals surface area contributed by atoms with Crippen molar-refractivity contribution in [2.24, 2.45) is 7.05 Å². The second kappa shape index (κ2) is 4.07. The molecule has 3 rings (SSSR count).